The Labute approximate surface area is 167 Å². The molecule has 0 amide bonds. The Morgan fingerprint density at radius 3 is 2.48 bits per heavy atom. The molecule has 0 aliphatic rings. The van der Waals surface area contributed by atoms with E-state index in [1.54, 1.807) is 16.1 Å². The van der Waals surface area contributed by atoms with E-state index in [0.717, 1.165) is 11.3 Å². The van der Waals surface area contributed by atoms with Crippen molar-refractivity contribution in [1.29, 1.82) is 0 Å². The van der Waals surface area contributed by atoms with Gasteiger partial charge in [-0.3, -0.25) is 4.79 Å². The monoisotopic (exact) mass is 401 g/mol. The van der Waals surface area contributed by atoms with Gasteiger partial charge in [0.25, 0.3) is 0 Å². The smallest absolute Gasteiger partial charge is 0.358 e. The molecule has 0 fully saturated rings. The molecule has 3 rings (SSSR count). The van der Waals surface area contributed by atoms with E-state index in [-0.39, 0.29) is 17.9 Å². The predicted molar refractivity (Wildman–Crippen MR) is 110 cm³/mol. The molecule has 2 aromatic carbocycles. The lowest BCUT2D eigenvalue weighted by Crippen LogP contribution is -2.26. The summed E-state index contributed by atoms with van der Waals surface area (Å²) in [6.45, 7) is 3.13. The number of aromatic nitrogens is 2. The molecule has 5 nitrogen and oxygen atoms in total. The molecule has 0 aliphatic heterocycles. The molecule has 0 bridgehead atoms. The summed E-state index contributed by atoms with van der Waals surface area (Å²) in [6.07, 6.45) is 0.142. The molecule has 0 N–H and O–H groups in total. The van der Waals surface area contributed by atoms with Crippen LogP contribution in [0.25, 0.3) is 0 Å². The third-order valence-electron chi connectivity index (χ3n) is 4.24. The average Bonchev–Trinajstić information content (AvgIpc) is 3.00. The predicted octanol–water partition coefficient (Wildman–Crippen LogP) is 3.83. The number of ketones is 1. The minimum Gasteiger partial charge on any atom is -0.373 e. The number of carbonyl (C=O) groups excluding carboxylic acids is 1. The zero-order valence-electron chi connectivity index (χ0n) is 15.2. The molecule has 1 heterocycles. The number of halogens is 1. The Balaban J connectivity index is 1.62. The quantitative estimate of drug-likeness (QED) is 0.564. The van der Waals surface area contributed by atoms with Gasteiger partial charge in [0.15, 0.2) is 5.78 Å². The molecule has 0 saturated carbocycles. The lowest BCUT2D eigenvalue weighted by molar-refractivity contribution is 0.0993. The highest BCUT2D eigenvalue weighted by atomic mass is 35.5. The second kappa shape index (κ2) is 8.50. The van der Waals surface area contributed by atoms with E-state index in [4.69, 9.17) is 11.6 Å². The number of carbonyl (C=O) groups is 1. The molecule has 0 radical (unpaired) electrons. The summed E-state index contributed by atoms with van der Waals surface area (Å²) in [4.78, 5) is 30.5. The summed E-state index contributed by atoms with van der Waals surface area (Å²) in [7, 11) is 1.96. The maximum atomic E-state index is 12.4. The zero-order valence-corrected chi connectivity index (χ0v) is 16.8. The van der Waals surface area contributed by atoms with Crippen LogP contribution in [0.2, 0.25) is 5.02 Å². The van der Waals surface area contributed by atoms with Crippen molar-refractivity contribution in [1.82, 2.24) is 8.94 Å². The second-order valence-corrected chi connectivity index (χ2v) is 7.88. The van der Waals surface area contributed by atoms with Gasteiger partial charge in [-0.1, -0.05) is 41.4 Å². The Morgan fingerprint density at radius 2 is 1.81 bits per heavy atom. The molecule has 0 atom stereocenters. The molecule has 0 spiro atoms. The average molecular weight is 402 g/mol. The summed E-state index contributed by atoms with van der Waals surface area (Å²) in [5.74, 6) is -0.0332. The first-order valence-corrected chi connectivity index (χ1v) is 9.71. The number of benzene rings is 2. The van der Waals surface area contributed by atoms with Gasteiger partial charge in [-0.2, -0.15) is 4.98 Å². The van der Waals surface area contributed by atoms with Crippen LogP contribution in [0.5, 0.6) is 0 Å². The number of hydrogen-bond donors (Lipinski definition) is 0. The van der Waals surface area contributed by atoms with Crippen molar-refractivity contribution in [2.45, 2.75) is 19.9 Å². The fraction of sp³-hybridized carbons (Fsp3) is 0.250. The van der Waals surface area contributed by atoms with Crippen LogP contribution in [0, 0.1) is 6.92 Å². The van der Waals surface area contributed by atoms with Crippen LogP contribution < -0.4 is 10.6 Å². The maximum absolute atomic E-state index is 12.4. The van der Waals surface area contributed by atoms with Gasteiger partial charge in [-0.05, 0) is 42.7 Å². The van der Waals surface area contributed by atoms with Crippen molar-refractivity contribution >= 4 is 34.6 Å². The molecular formula is C20H20ClN3O2S. The highest BCUT2D eigenvalue weighted by Crippen LogP contribution is 2.17. The van der Waals surface area contributed by atoms with Crippen molar-refractivity contribution in [2.75, 3.05) is 18.5 Å². The van der Waals surface area contributed by atoms with Crippen molar-refractivity contribution in [3.8, 4) is 0 Å². The second-order valence-electron chi connectivity index (χ2n) is 6.35. The van der Waals surface area contributed by atoms with Crippen LogP contribution in [0.4, 0.5) is 5.69 Å². The third kappa shape index (κ3) is 5.05. The van der Waals surface area contributed by atoms with Gasteiger partial charge in [0, 0.05) is 29.9 Å². The van der Waals surface area contributed by atoms with E-state index < -0.39 is 0 Å². The highest BCUT2D eigenvalue weighted by Gasteiger charge is 2.13. The van der Waals surface area contributed by atoms with Crippen LogP contribution in [-0.4, -0.2) is 28.3 Å². The van der Waals surface area contributed by atoms with Crippen molar-refractivity contribution in [3.05, 3.63) is 80.2 Å². The van der Waals surface area contributed by atoms with Gasteiger partial charge >= 0.3 is 5.69 Å². The van der Waals surface area contributed by atoms with Crippen LogP contribution in [0.1, 0.15) is 20.9 Å². The molecule has 1 aromatic heterocycles. The van der Waals surface area contributed by atoms with E-state index >= 15 is 0 Å². The minimum atomic E-state index is -0.309. The van der Waals surface area contributed by atoms with E-state index in [2.05, 4.69) is 4.98 Å². The third-order valence-corrected chi connectivity index (χ3v) is 5.50. The summed E-state index contributed by atoms with van der Waals surface area (Å²) >= 11 is 7.16. The van der Waals surface area contributed by atoms with E-state index in [1.807, 2.05) is 55.3 Å². The largest absolute Gasteiger partial charge is 0.373 e. The summed E-state index contributed by atoms with van der Waals surface area (Å²) in [5, 5.41) is 1.23. The van der Waals surface area contributed by atoms with Gasteiger partial charge in [0.05, 0.1) is 13.0 Å². The fourth-order valence-corrected chi connectivity index (χ4v) is 3.59. The molecule has 27 heavy (non-hydrogen) atoms. The van der Waals surface area contributed by atoms with Crippen LogP contribution in [-0.2, 0) is 13.0 Å². The van der Waals surface area contributed by atoms with Crippen LogP contribution in [0.15, 0.2) is 53.3 Å². The number of anilines is 1. The van der Waals surface area contributed by atoms with Gasteiger partial charge < -0.3 is 4.90 Å². The number of aryl methyl sites for hydroxylation is 1. The van der Waals surface area contributed by atoms with Gasteiger partial charge in [0.2, 0.25) is 0 Å². The van der Waals surface area contributed by atoms with Crippen molar-refractivity contribution in [3.63, 3.8) is 0 Å². The number of hydrogen-bond acceptors (Lipinski definition) is 5. The first-order chi connectivity index (χ1) is 12.9. The maximum Gasteiger partial charge on any atom is 0.358 e. The first-order valence-electron chi connectivity index (χ1n) is 8.56. The molecule has 3 aromatic rings. The first kappa shape index (κ1) is 19.3. The van der Waals surface area contributed by atoms with E-state index in [1.165, 1.54) is 11.5 Å². The lowest BCUT2D eigenvalue weighted by atomic mass is 10.1. The molecular weight excluding hydrogens is 382 g/mol. The molecule has 0 unspecified atom stereocenters. The number of likely N-dealkylation sites (N-methyl/N-ethyl adjacent to an activating group) is 1. The minimum absolute atomic E-state index is 0.0332. The number of Topliss-reactive ketones (excluding diaryl/α,β-unsaturated/α-hetero) is 1. The topological polar surface area (TPSA) is 55.2 Å². The Kier molecular flexibility index (Phi) is 6.08. The normalized spacial score (nSPS) is 10.8. The molecule has 7 heteroatoms. The Morgan fingerprint density at radius 1 is 1.15 bits per heavy atom. The van der Waals surface area contributed by atoms with E-state index in [0.29, 0.717) is 28.7 Å². The molecule has 140 valence electrons. The summed E-state index contributed by atoms with van der Waals surface area (Å²) in [6, 6.07) is 15.0. The standard InChI is InChI=1S/C20H20ClN3O2S/c1-14-3-5-15(6-4-14)18(25)13-19-22-20(26)24(27-19)12-11-23(2)17-9-7-16(21)8-10-17/h3-10H,11-13H2,1-2H3. The number of nitrogens with zero attached hydrogens (tertiary/aromatic N) is 3. The van der Waals surface area contributed by atoms with Gasteiger partial charge in [-0.15, -0.1) is 0 Å². The summed E-state index contributed by atoms with van der Waals surface area (Å²) < 4.78 is 1.59. The van der Waals surface area contributed by atoms with Crippen LogP contribution in [0.3, 0.4) is 0 Å². The van der Waals surface area contributed by atoms with Crippen LogP contribution >= 0.6 is 23.1 Å². The Hall–Kier alpha value is -2.44. The van der Waals surface area contributed by atoms with Crippen molar-refractivity contribution in [2.24, 2.45) is 0 Å². The van der Waals surface area contributed by atoms with Gasteiger partial charge in [0.1, 0.15) is 5.01 Å². The van der Waals surface area contributed by atoms with Gasteiger partial charge in [-0.25, -0.2) is 8.75 Å². The highest BCUT2D eigenvalue weighted by molar-refractivity contribution is 7.06. The molecule has 0 saturated heterocycles. The number of rotatable bonds is 7. The lowest BCUT2D eigenvalue weighted by Gasteiger charge is -2.18. The van der Waals surface area contributed by atoms with Crippen molar-refractivity contribution < 1.29 is 4.79 Å². The summed E-state index contributed by atoms with van der Waals surface area (Å²) in [5.41, 5.74) is 2.45. The van der Waals surface area contributed by atoms with E-state index in [9.17, 15) is 9.59 Å². The fourth-order valence-electron chi connectivity index (χ4n) is 2.61. The zero-order chi connectivity index (χ0) is 19.4. The SMILES string of the molecule is Cc1ccc(C(=O)Cc2nc(=O)n(CCN(C)c3ccc(Cl)cc3)s2)cc1. The Bertz CT molecular complexity index is 978. The molecule has 0 aliphatic carbocycles.